The lowest BCUT2D eigenvalue weighted by atomic mass is 10.1. The van der Waals surface area contributed by atoms with Crippen LogP contribution in [-0.2, 0) is 0 Å². The Morgan fingerprint density at radius 2 is 1.86 bits per heavy atom. The first-order valence-corrected chi connectivity index (χ1v) is 8.36. The van der Waals surface area contributed by atoms with E-state index in [1.165, 1.54) is 45.2 Å². The summed E-state index contributed by atoms with van der Waals surface area (Å²) in [6.45, 7) is 4.41. The third kappa shape index (κ3) is 2.50. The van der Waals surface area contributed by atoms with Crippen LogP contribution in [0.15, 0.2) is 18.2 Å². The Bertz CT molecular complexity index is 513. The maximum atomic E-state index is 14.4. The molecular weight excluding hydrogens is 265 g/mol. The van der Waals surface area contributed by atoms with Gasteiger partial charge in [0.15, 0.2) is 0 Å². The number of rotatable bonds is 3. The molecule has 0 aromatic heterocycles. The molecule has 1 aromatic rings. The van der Waals surface area contributed by atoms with Crippen molar-refractivity contribution in [3.8, 4) is 0 Å². The van der Waals surface area contributed by atoms with Crippen LogP contribution in [0.5, 0.6) is 0 Å². The smallest absolute Gasteiger partial charge is 0.148 e. The van der Waals surface area contributed by atoms with Gasteiger partial charge in [-0.05, 0) is 56.8 Å². The molecule has 3 heterocycles. The molecule has 0 spiro atoms. The van der Waals surface area contributed by atoms with E-state index in [1.807, 2.05) is 12.1 Å². The molecule has 0 amide bonds. The van der Waals surface area contributed by atoms with Crippen LogP contribution in [0.1, 0.15) is 32.1 Å². The molecule has 3 fully saturated rings. The molecule has 21 heavy (non-hydrogen) atoms. The van der Waals surface area contributed by atoms with Gasteiger partial charge in [0.2, 0.25) is 0 Å². The average molecular weight is 289 g/mol. The van der Waals surface area contributed by atoms with Gasteiger partial charge >= 0.3 is 0 Å². The fourth-order valence-electron chi connectivity index (χ4n) is 4.28. The third-order valence-corrected chi connectivity index (χ3v) is 5.35. The first kappa shape index (κ1) is 13.4. The van der Waals surface area contributed by atoms with Gasteiger partial charge in [-0.3, -0.25) is 4.90 Å². The highest BCUT2D eigenvalue weighted by atomic mass is 19.1. The Kier molecular flexibility index (Phi) is 3.49. The fraction of sp³-hybridized carbons (Fsp3) is 0.647. The highest BCUT2D eigenvalue weighted by Crippen LogP contribution is 2.31. The molecule has 1 aromatic carbocycles. The SMILES string of the molecule is Fc1cc(NC2CCN3CCCC23)ccc1N1CCCC1. The van der Waals surface area contributed by atoms with E-state index in [9.17, 15) is 4.39 Å². The fourth-order valence-corrected chi connectivity index (χ4v) is 4.28. The first-order chi connectivity index (χ1) is 10.3. The quantitative estimate of drug-likeness (QED) is 0.922. The molecule has 1 N–H and O–H groups in total. The molecule has 0 saturated carbocycles. The van der Waals surface area contributed by atoms with Crippen molar-refractivity contribution in [1.29, 1.82) is 0 Å². The van der Waals surface area contributed by atoms with Crippen LogP contribution < -0.4 is 10.2 Å². The van der Waals surface area contributed by atoms with Gasteiger partial charge in [0, 0.05) is 37.4 Å². The number of nitrogens with zero attached hydrogens (tertiary/aromatic N) is 2. The van der Waals surface area contributed by atoms with Crippen molar-refractivity contribution >= 4 is 11.4 Å². The van der Waals surface area contributed by atoms with Crippen molar-refractivity contribution in [3.05, 3.63) is 24.0 Å². The van der Waals surface area contributed by atoms with Gasteiger partial charge in [0.05, 0.1) is 5.69 Å². The summed E-state index contributed by atoms with van der Waals surface area (Å²) >= 11 is 0. The molecule has 3 saturated heterocycles. The Morgan fingerprint density at radius 3 is 2.67 bits per heavy atom. The lowest BCUT2D eigenvalue weighted by molar-refractivity contribution is 0.318. The summed E-state index contributed by atoms with van der Waals surface area (Å²) in [5.74, 6) is -0.0804. The standard InChI is InChI=1S/C17H24FN3/c18-14-12-13(5-6-16(14)20-8-1-2-9-20)19-15-7-11-21-10-3-4-17(15)21/h5-6,12,15,17,19H,1-4,7-11H2. The van der Waals surface area contributed by atoms with Crippen LogP contribution in [0, 0.1) is 5.82 Å². The Labute approximate surface area is 126 Å². The zero-order chi connectivity index (χ0) is 14.2. The van der Waals surface area contributed by atoms with Crippen LogP contribution >= 0.6 is 0 Å². The normalized spacial score (nSPS) is 29.1. The molecule has 3 aliphatic rings. The van der Waals surface area contributed by atoms with Crippen LogP contribution in [0.3, 0.4) is 0 Å². The second kappa shape index (κ2) is 5.48. The van der Waals surface area contributed by atoms with Crippen molar-refractivity contribution in [2.24, 2.45) is 0 Å². The summed E-state index contributed by atoms with van der Waals surface area (Å²) in [6, 6.07) is 6.83. The molecule has 3 nitrogen and oxygen atoms in total. The zero-order valence-corrected chi connectivity index (χ0v) is 12.5. The maximum absolute atomic E-state index is 14.4. The lowest BCUT2D eigenvalue weighted by Gasteiger charge is -2.23. The molecule has 114 valence electrons. The first-order valence-electron chi connectivity index (χ1n) is 8.36. The van der Waals surface area contributed by atoms with Crippen molar-refractivity contribution in [1.82, 2.24) is 4.90 Å². The van der Waals surface area contributed by atoms with Gasteiger partial charge in [0.1, 0.15) is 5.82 Å². The molecular formula is C17H24FN3. The van der Waals surface area contributed by atoms with Crippen molar-refractivity contribution in [2.45, 2.75) is 44.2 Å². The summed E-state index contributed by atoms with van der Waals surface area (Å²) < 4.78 is 14.4. The largest absolute Gasteiger partial charge is 0.381 e. The Balaban J connectivity index is 1.47. The van der Waals surface area contributed by atoms with Crippen molar-refractivity contribution in [2.75, 3.05) is 36.4 Å². The second-order valence-corrected chi connectivity index (χ2v) is 6.65. The number of halogens is 1. The minimum atomic E-state index is -0.0804. The third-order valence-electron chi connectivity index (χ3n) is 5.35. The highest BCUT2D eigenvalue weighted by molar-refractivity contribution is 5.57. The van der Waals surface area contributed by atoms with Gasteiger partial charge in [-0.2, -0.15) is 0 Å². The predicted molar refractivity (Wildman–Crippen MR) is 84.5 cm³/mol. The van der Waals surface area contributed by atoms with Crippen LogP contribution in [-0.4, -0.2) is 43.2 Å². The van der Waals surface area contributed by atoms with Crippen LogP contribution in [0.4, 0.5) is 15.8 Å². The minimum absolute atomic E-state index is 0.0804. The summed E-state index contributed by atoms with van der Waals surface area (Å²) in [5, 5.41) is 3.57. The number of fused-ring (bicyclic) bond motifs is 1. The molecule has 4 heteroatoms. The molecule has 3 aliphatic heterocycles. The molecule has 0 radical (unpaired) electrons. The average Bonchev–Trinajstić information content (AvgIpc) is 3.17. The van der Waals surface area contributed by atoms with E-state index in [-0.39, 0.29) is 5.82 Å². The lowest BCUT2D eigenvalue weighted by Crippen LogP contribution is -2.33. The number of hydrogen-bond acceptors (Lipinski definition) is 3. The summed E-state index contributed by atoms with van der Waals surface area (Å²) in [6.07, 6.45) is 6.13. The van der Waals surface area contributed by atoms with Gasteiger partial charge in [-0.15, -0.1) is 0 Å². The Morgan fingerprint density at radius 1 is 1.00 bits per heavy atom. The van der Waals surface area contributed by atoms with Crippen molar-refractivity contribution in [3.63, 3.8) is 0 Å². The van der Waals surface area contributed by atoms with Gasteiger partial charge < -0.3 is 10.2 Å². The summed E-state index contributed by atoms with van der Waals surface area (Å²) in [4.78, 5) is 4.74. The van der Waals surface area contributed by atoms with E-state index in [4.69, 9.17) is 0 Å². The highest BCUT2D eigenvalue weighted by Gasteiger charge is 2.37. The van der Waals surface area contributed by atoms with E-state index >= 15 is 0 Å². The van der Waals surface area contributed by atoms with E-state index in [1.54, 1.807) is 6.07 Å². The summed E-state index contributed by atoms with van der Waals surface area (Å²) in [5.41, 5.74) is 1.71. The summed E-state index contributed by atoms with van der Waals surface area (Å²) in [7, 11) is 0. The maximum Gasteiger partial charge on any atom is 0.148 e. The van der Waals surface area contributed by atoms with Gasteiger partial charge in [-0.1, -0.05) is 0 Å². The van der Waals surface area contributed by atoms with E-state index in [2.05, 4.69) is 15.1 Å². The number of anilines is 2. The van der Waals surface area contributed by atoms with E-state index in [0.717, 1.165) is 24.5 Å². The van der Waals surface area contributed by atoms with Gasteiger partial charge in [-0.25, -0.2) is 4.39 Å². The number of benzene rings is 1. The molecule has 0 bridgehead atoms. The van der Waals surface area contributed by atoms with Gasteiger partial charge in [0.25, 0.3) is 0 Å². The Hall–Kier alpha value is -1.29. The molecule has 0 aliphatic carbocycles. The van der Waals surface area contributed by atoms with Crippen molar-refractivity contribution < 1.29 is 4.39 Å². The minimum Gasteiger partial charge on any atom is -0.381 e. The molecule has 4 rings (SSSR count). The van der Waals surface area contributed by atoms with E-state index < -0.39 is 0 Å². The zero-order valence-electron chi connectivity index (χ0n) is 12.5. The predicted octanol–water partition coefficient (Wildman–Crippen LogP) is 3.07. The number of hydrogen-bond donors (Lipinski definition) is 1. The van der Waals surface area contributed by atoms with Crippen LogP contribution in [0.25, 0.3) is 0 Å². The van der Waals surface area contributed by atoms with E-state index in [0.29, 0.717) is 12.1 Å². The molecule has 2 unspecified atom stereocenters. The topological polar surface area (TPSA) is 18.5 Å². The molecule has 2 atom stereocenters. The number of nitrogens with one attached hydrogen (secondary N) is 1. The second-order valence-electron chi connectivity index (χ2n) is 6.65. The monoisotopic (exact) mass is 289 g/mol. The van der Waals surface area contributed by atoms with Crippen LogP contribution in [0.2, 0.25) is 0 Å².